The zero-order valence-corrected chi connectivity index (χ0v) is 52.8. The predicted molar refractivity (Wildman–Crippen MR) is 312 cm³/mol. The second-order valence-corrected chi connectivity index (χ2v) is 26.3. The number of carbonyl (C=O) groups is 4. The lowest BCUT2D eigenvalue weighted by Gasteiger charge is -2.21. The smallest absolute Gasteiger partial charge is 0.462 e. The number of phosphoric acid groups is 2. The van der Waals surface area contributed by atoms with Crippen LogP contribution in [-0.2, 0) is 65.4 Å². The average molecular weight is 1170 g/mol. The number of carbonyl (C=O) groups excluding carboxylic acids is 4. The molecule has 0 radical (unpaired) electrons. The van der Waals surface area contributed by atoms with Gasteiger partial charge in [0.2, 0.25) is 0 Å². The van der Waals surface area contributed by atoms with E-state index < -0.39 is 97.5 Å². The highest BCUT2D eigenvalue weighted by molar-refractivity contribution is 7.47. The van der Waals surface area contributed by atoms with E-state index in [4.69, 9.17) is 37.0 Å². The van der Waals surface area contributed by atoms with E-state index in [1.165, 1.54) is 70.6 Å². The maximum absolute atomic E-state index is 12.9. The van der Waals surface area contributed by atoms with E-state index in [1.807, 2.05) is 0 Å². The Morgan fingerprint density at radius 3 is 0.899 bits per heavy atom. The normalized spacial score (nSPS) is 14.9. The van der Waals surface area contributed by atoms with E-state index in [2.05, 4.69) is 55.4 Å². The van der Waals surface area contributed by atoms with E-state index in [0.29, 0.717) is 43.4 Å². The summed E-state index contributed by atoms with van der Waals surface area (Å²) in [4.78, 5) is 71.9. The molecule has 79 heavy (non-hydrogen) atoms. The van der Waals surface area contributed by atoms with Gasteiger partial charge < -0.3 is 33.8 Å². The lowest BCUT2D eigenvalue weighted by atomic mass is 10.00. The summed E-state index contributed by atoms with van der Waals surface area (Å²) in [6.45, 7) is 13.8. The average Bonchev–Trinajstić information content (AvgIpc) is 3.39. The van der Waals surface area contributed by atoms with Crippen LogP contribution < -0.4 is 0 Å². The van der Waals surface area contributed by atoms with Gasteiger partial charge in [0.25, 0.3) is 0 Å². The zero-order chi connectivity index (χ0) is 59.0. The first kappa shape index (κ1) is 77.1. The minimum atomic E-state index is -4.94. The van der Waals surface area contributed by atoms with Crippen LogP contribution in [0.3, 0.4) is 0 Å². The Kier molecular flexibility index (Phi) is 49.3. The van der Waals surface area contributed by atoms with Crippen LogP contribution in [0.25, 0.3) is 0 Å². The molecule has 0 aliphatic carbocycles. The van der Waals surface area contributed by atoms with Gasteiger partial charge in [0.05, 0.1) is 26.4 Å². The van der Waals surface area contributed by atoms with Crippen molar-refractivity contribution in [3.63, 3.8) is 0 Å². The van der Waals surface area contributed by atoms with Gasteiger partial charge in [0, 0.05) is 25.7 Å². The van der Waals surface area contributed by atoms with Crippen LogP contribution >= 0.6 is 15.6 Å². The Morgan fingerprint density at radius 2 is 0.608 bits per heavy atom. The zero-order valence-electron chi connectivity index (χ0n) is 51.0. The molecule has 0 aromatic heterocycles. The molecule has 0 aromatic carbocycles. The first-order valence-electron chi connectivity index (χ1n) is 31.2. The molecule has 0 heterocycles. The molecule has 0 rings (SSSR count). The highest BCUT2D eigenvalue weighted by Crippen LogP contribution is 2.45. The Labute approximate surface area is 479 Å². The maximum atomic E-state index is 12.9. The van der Waals surface area contributed by atoms with E-state index in [1.54, 1.807) is 0 Å². The summed E-state index contributed by atoms with van der Waals surface area (Å²) < 4.78 is 67.7. The number of ether oxygens (including phenoxy) is 4. The monoisotopic (exact) mass is 1170 g/mol. The summed E-state index contributed by atoms with van der Waals surface area (Å²) >= 11 is 0. The largest absolute Gasteiger partial charge is 0.472 e. The predicted octanol–water partition coefficient (Wildman–Crippen LogP) is 15.8. The lowest BCUT2D eigenvalue weighted by molar-refractivity contribution is -0.161. The summed E-state index contributed by atoms with van der Waals surface area (Å²) in [7, 11) is -9.88. The molecule has 0 bridgehead atoms. The fraction of sp³-hybridized carbons (Fsp3) is 0.933. The molecule has 6 atom stereocenters. The van der Waals surface area contributed by atoms with Crippen molar-refractivity contribution in [1.82, 2.24) is 0 Å². The van der Waals surface area contributed by atoms with E-state index in [-0.39, 0.29) is 25.7 Å². The molecule has 0 aliphatic rings. The number of aliphatic hydroxyl groups is 1. The number of phosphoric ester groups is 2. The van der Waals surface area contributed by atoms with Gasteiger partial charge in [-0.3, -0.25) is 37.3 Å². The third kappa shape index (κ3) is 53.8. The number of hydrogen-bond acceptors (Lipinski definition) is 15. The standard InChI is InChI=1S/C60H116O17P2/c1-9-53(8)39-31-23-17-19-27-35-43-60(65)77-56(47-71-58(63)41-33-25-18-16-22-30-38-52(6)7)49-75-79(68,69)73-45-54(61)44-72-78(66,67)74-48-55(76-59(64)42-34-26-15-11-13-21-29-37-51(4)5)46-70-57(62)40-32-24-14-10-12-20-28-36-50(2)3/h50-56,61H,9-49H2,1-8H3,(H,66,67)(H,68,69)/t53?,54?,55-,56-/m1/s1. The highest BCUT2D eigenvalue weighted by atomic mass is 31.2. The first-order valence-corrected chi connectivity index (χ1v) is 34.2. The first-order chi connectivity index (χ1) is 37.6. The summed E-state index contributed by atoms with van der Waals surface area (Å²) in [6.07, 6.45) is 28.4. The third-order valence-corrected chi connectivity index (χ3v) is 15.8. The van der Waals surface area contributed by atoms with Crippen molar-refractivity contribution in [2.75, 3.05) is 39.6 Å². The molecule has 4 unspecified atom stereocenters. The van der Waals surface area contributed by atoms with Crippen molar-refractivity contribution in [2.24, 2.45) is 23.7 Å². The molecule has 468 valence electrons. The summed E-state index contributed by atoms with van der Waals surface area (Å²) in [5.74, 6) is 0.649. The fourth-order valence-corrected chi connectivity index (χ4v) is 10.3. The summed E-state index contributed by atoms with van der Waals surface area (Å²) in [5, 5.41) is 10.5. The highest BCUT2D eigenvalue weighted by Gasteiger charge is 2.30. The van der Waals surface area contributed by atoms with Gasteiger partial charge in [-0.25, -0.2) is 9.13 Å². The molecule has 0 saturated heterocycles. The molecule has 0 aliphatic heterocycles. The molecule has 0 spiro atoms. The molecule has 0 saturated carbocycles. The van der Waals surface area contributed by atoms with Crippen LogP contribution in [0.15, 0.2) is 0 Å². The van der Waals surface area contributed by atoms with Crippen molar-refractivity contribution >= 4 is 39.5 Å². The van der Waals surface area contributed by atoms with Crippen LogP contribution in [0.4, 0.5) is 0 Å². The van der Waals surface area contributed by atoms with Crippen LogP contribution in [-0.4, -0.2) is 96.7 Å². The molecule has 17 nitrogen and oxygen atoms in total. The molecular weight excluding hydrogens is 1050 g/mol. The fourth-order valence-electron chi connectivity index (χ4n) is 8.69. The summed E-state index contributed by atoms with van der Waals surface area (Å²) in [5.41, 5.74) is 0. The minimum absolute atomic E-state index is 0.101. The minimum Gasteiger partial charge on any atom is -0.462 e. The van der Waals surface area contributed by atoms with Crippen molar-refractivity contribution in [2.45, 2.75) is 298 Å². The second-order valence-electron chi connectivity index (χ2n) is 23.4. The maximum Gasteiger partial charge on any atom is 0.472 e. The van der Waals surface area contributed by atoms with Crippen LogP contribution in [0, 0.1) is 23.7 Å². The number of aliphatic hydroxyl groups excluding tert-OH is 1. The van der Waals surface area contributed by atoms with Crippen molar-refractivity contribution in [3.05, 3.63) is 0 Å². The number of hydrogen-bond donors (Lipinski definition) is 3. The SMILES string of the molecule is CCC(C)CCCCCCCCC(=O)O[C@H](COC(=O)CCCCCCCCC(C)C)COP(=O)(O)OCC(O)COP(=O)(O)OC[C@@H](COC(=O)CCCCCCCCCC(C)C)OC(=O)CCCCCCCCCC(C)C. The van der Waals surface area contributed by atoms with Gasteiger partial charge in [-0.05, 0) is 49.4 Å². The molecular formula is C60H116O17P2. The molecule has 0 fully saturated rings. The van der Waals surface area contributed by atoms with Gasteiger partial charge >= 0.3 is 39.5 Å². The quantitative estimate of drug-likeness (QED) is 0.0222. The van der Waals surface area contributed by atoms with Crippen LogP contribution in [0.2, 0.25) is 0 Å². The van der Waals surface area contributed by atoms with Gasteiger partial charge in [-0.1, -0.05) is 229 Å². The van der Waals surface area contributed by atoms with Gasteiger partial charge in [-0.2, -0.15) is 0 Å². The number of esters is 4. The molecule has 0 aromatic rings. The molecule has 3 N–H and O–H groups in total. The van der Waals surface area contributed by atoms with E-state index in [9.17, 15) is 43.2 Å². The van der Waals surface area contributed by atoms with Gasteiger partial charge in [-0.15, -0.1) is 0 Å². The van der Waals surface area contributed by atoms with Gasteiger partial charge in [0.1, 0.15) is 19.3 Å². The number of unbranched alkanes of at least 4 members (excludes halogenated alkanes) is 22. The Balaban J connectivity index is 5.25. The Morgan fingerprint density at radius 1 is 0.354 bits per heavy atom. The lowest BCUT2D eigenvalue weighted by Crippen LogP contribution is -2.30. The van der Waals surface area contributed by atoms with Crippen LogP contribution in [0.5, 0.6) is 0 Å². The third-order valence-electron chi connectivity index (χ3n) is 13.9. The Bertz CT molecular complexity index is 1600. The summed E-state index contributed by atoms with van der Waals surface area (Å²) in [6, 6.07) is 0. The Hall–Kier alpha value is -1.94. The van der Waals surface area contributed by atoms with Gasteiger partial charge in [0.15, 0.2) is 12.2 Å². The molecule has 19 heteroatoms. The van der Waals surface area contributed by atoms with Crippen molar-refractivity contribution in [1.29, 1.82) is 0 Å². The van der Waals surface area contributed by atoms with Crippen molar-refractivity contribution in [3.8, 4) is 0 Å². The topological polar surface area (TPSA) is 237 Å². The van der Waals surface area contributed by atoms with E-state index in [0.717, 1.165) is 109 Å². The van der Waals surface area contributed by atoms with Crippen LogP contribution in [0.1, 0.15) is 280 Å². The number of rotatable bonds is 57. The second kappa shape index (κ2) is 50.6. The molecule has 0 amide bonds. The van der Waals surface area contributed by atoms with Crippen molar-refractivity contribution < 1.29 is 80.2 Å². The van der Waals surface area contributed by atoms with E-state index >= 15 is 0 Å².